The molecule has 1 aromatic rings. The van der Waals surface area contributed by atoms with Crippen LogP contribution in [0.4, 0.5) is 13.2 Å². The van der Waals surface area contributed by atoms with Gasteiger partial charge in [0.15, 0.2) is 5.16 Å². The zero-order valence-corrected chi connectivity index (χ0v) is 13.0. The minimum absolute atomic E-state index is 0.266. The summed E-state index contributed by atoms with van der Waals surface area (Å²) in [5.41, 5.74) is 0. The fourth-order valence-electron chi connectivity index (χ4n) is 2.55. The third-order valence-corrected chi connectivity index (χ3v) is 4.75. The standard InChI is InChI=1S/C13H20F3N3OS/c1-9-5-3-4-6-10(9)20-7-8-21-12-18-17-11(19(12)2)13(14,15)16/h9-10H,3-8H2,1-2H3. The molecule has 1 saturated carbocycles. The van der Waals surface area contributed by atoms with Gasteiger partial charge in [0.2, 0.25) is 5.82 Å². The van der Waals surface area contributed by atoms with Crippen LogP contribution in [0.15, 0.2) is 5.16 Å². The van der Waals surface area contributed by atoms with E-state index in [9.17, 15) is 13.2 Å². The first-order valence-electron chi connectivity index (χ1n) is 7.10. The molecule has 0 aliphatic heterocycles. The number of alkyl halides is 3. The molecular weight excluding hydrogens is 303 g/mol. The number of halogens is 3. The van der Waals surface area contributed by atoms with E-state index in [4.69, 9.17) is 4.74 Å². The quantitative estimate of drug-likeness (QED) is 0.614. The van der Waals surface area contributed by atoms with Gasteiger partial charge in [-0.3, -0.25) is 0 Å². The predicted octanol–water partition coefficient (Wildman–Crippen LogP) is 3.52. The molecule has 1 aliphatic rings. The number of ether oxygens (including phenoxy) is 1. The van der Waals surface area contributed by atoms with Crippen molar-refractivity contribution in [2.45, 2.75) is 50.0 Å². The highest BCUT2D eigenvalue weighted by Crippen LogP contribution is 2.30. The summed E-state index contributed by atoms with van der Waals surface area (Å²) < 4.78 is 44.5. The molecule has 0 N–H and O–H groups in total. The van der Waals surface area contributed by atoms with E-state index in [1.807, 2.05) is 0 Å². The summed E-state index contributed by atoms with van der Waals surface area (Å²) in [7, 11) is 1.33. The van der Waals surface area contributed by atoms with Gasteiger partial charge in [0.05, 0.1) is 12.7 Å². The van der Waals surface area contributed by atoms with Crippen LogP contribution >= 0.6 is 11.8 Å². The normalized spacial score (nSPS) is 23.5. The Labute approximate surface area is 126 Å². The lowest BCUT2D eigenvalue weighted by Crippen LogP contribution is -2.26. The lowest BCUT2D eigenvalue weighted by atomic mass is 9.88. The van der Waals surface area contributed by atoms with Crippen LogP contribution < -0.4 is 0 Å². The van der Waals surface area contributed by atoms with Gasteiger partial charge in [-0.05, 0) is 18.8 Å². The van der Waals surface area contributed by atoms with Crippen molar-refractivity contribution in [3.8, 4) is 0 Å². The molecule has 0 amide bonds. The largest absolute Gasteiger partial charge is 0.451 e. The zero-order chi connectivity index (χ0) is 15.5. The van der Waals surface area contributed by atoms with Gasteiger partial charge in [-0.1, -0.05) is 31.5 Å². The summed E-state index contributed by atoms with van der Waals surface area (Å²) in [4.78, 5) is 0. The lowest BCUT2D eigenvalue weighted by molar-refractivity contribution is -0.147. The Hall–Kier alpha value is -0.760. The minimum atomic E-state index is -4.46. The van der Waals surface area contributed by atoms with Crippen LogP contribution in [0, 0.1) is 5.92 Å². The van der Waals surface area contributed by atoms with Crippen molar-refractivity contribution in [2.75, 3.05) is 12.4 Å². The highest BCUT2D eigenvalue weighted by atomic mass is 32.2. The van der Waals surface area contributed by atoms with Crippen LogP contribution in [-0.4, -0.2) is 33.2 Å². The number of aromatic nitrogens is 3. The molecular formula is C13H20F3N3OS. The van der Waals surface area contributed by atoms with E-state index < -0.39 is 12.0 Å². The Morgan fingerprint density at radius 1 is 1.29 bits per heavy atom. The molecule has 2 atom stereocenters. The van der Waals surface area contributed by atoms with Crippen molar-refractivity contribution in [1.82, 2.24) is 14.8 Å². The summed E-state index contributed by atoms with van der Waals surface area (Å²) in [6, 6.07) is 0. The predicted molar refractivity (Wildman–Crippen MR) is 74.1 cm³/mol. The topological polar surface area (TPSA) is 39.9 Å². The number of nitrogens with zero attached hydrogens (tertiary/aromatic N) is 3. The van der Waals surface area contributed by atoms with E-state index >= 15 is 0 Å². The van der Waals surface area contributed by atoms with Crippen molar-refractivity contribution >= 4 is 11.8 Å². The van der Waals surface area contributed by atoms with Gasteiger partial charge in [0, 0.05) is 12.8 Å². The van der Waals surface area contributed by atoms with Crippen LogP contribution in [0.3, 0.4) is 0 Å². The van der Waals surface area contributed by atoms with E-state index in [1.54, 1.807) is 0 Å². The number of hydrogen-bond donors (Lipinski definition) is 0. The van der Waals surface area contributed by atoms with Crippen LogP contribution in [0.5, 0.6) is 0 Å². The minimum Gasteiger partial charge on any atom is -0.377 e. The molecule has 0 saturated heterocycles. The van der Waals surface area contributed by atoms with Gasteiger partial charge < -0.3 is 9.30 Å². The van der Waals surface area contributed by atoms with Crippen molar-refractivity contribution in [3.63, 3.8) is 0 Å². The fraction of sp³-hybridized carbons (Fsp3) is 0.846. The smallest absolute Gasteiger partial charge is 0.377 e. The SMILES string of the molecule is CC1CCCCC1OCCSc1nnc(C(F)(F)F)n1C. The molecule has 8 heteroatoms. The summed E-state index contributed by atoms with van der Waals surface area (Å²) >= 11 is 1.24. The van der Waals surface area contributed by atoms with Gasteiger partial charge in [0.1, 0.15) is 0 Å². The lowest BCUT2D eigenvalue weighted by Gasteiger charge is -2.28. The van der Waals surface area contributed by atoms with Crippen LogP contribution in [0.2, 0.25) is 0 Å². The third kappa shape index (κ3) is 4.35. The van der Waals surface area contributed by atoms with Crippen molar-refractivity contribution in [2.24, 2.45) is 13.0 Å². The van der Waals surface area contributed by atoms with Gasteiger partial charge in [0.25, 0.3) is 0 Å². The molecule has 120 valence electrons. The molecule has 0 aromatic carbocycles. The van der Waals surface area contributed by atoms with Gasteiger partial charge in [-0.2, -0.15) is 13.2 Å². The number of hydrogen-bond acceptors (Lipinski definition) is 4. The summed E-state index contributed by atoms with van der Waals surface area (Å²) in [6.45, 7) is 2.71. The van der Waals surface area contributed by atoms with Crippen molar-refractivity contribution in [1.29, 1.82) is 0 Å². The maximum atomic E-state index is 12.6. The maximum Gasteiger partial charge on any atom is 0.451 e. The highest BCUT2D eigenvalue weighted by molar-refractivity contribution is 7.99. The molecule has 0 bridgehead atoms. The third-order valence-electron chi connectivity index (χ3n) is 3.77. The van der Waals surface area contributed by atoms with Crippen LogP contribution in [0.25, 0.3) is 0 Å². The van der Waals surface area contributed by atoms with Gasteiger partial charge >= 0.3 is 6.18 Å². The maximum absolute atomic E-state index is 12.6. The van der Waals surface area contributed by atoms with Crippen LogP contribution in [-0.2, 0) is 18.0 Å². The average molecular weight is 323 g/mol. The summed E-state index contributed by atoms with van der Waals surface area (Å²) in [5.74, 6) is 0.176. The van der Waals surface area contributed by atoms with E-state index in [1.165, 1.54) is 38.1 Å². The fourth-order valence-corrected chi connectivity index (χ4v) is 3.29. The molecule has 2 rings (SSSR count). The van der Waals surface area contributed by atoms with Gasteiger partial charge in [-0.15, -0.1) is 10.2 Å². The molecule has 1 fully saturated rings. The highest BCUT2D eigenvalue weighted by Gasteiger charge is 2.37. The van der Waals surface area contributed by atoms with Crippen LogP contribution in [0.1, 0.15) is 38.4 Å². The van der Waals surface area contributed by atoms with Crippen molar-refractivity contribution in [3.05, 3.63) is 5.82 Å². The first-order chi connectivity index (χ1) is 9.89. The summed E-state index contributed by atoms with van der Waals surface area (Å²) in [5, 5.41) is 7.04. The molecule has 1 aromatic heterocycles. The Bertz CT molecular complexity index is 464. The average Bonchev–Trinajstić information content (AvgIpc) is 2.78. The first-order valence-corrected chi connectivity index (χ1v) is 8.09. The Morgan fingerprint density at radius 3 is 2.62 bits per heavy atom. The summed E-state index contributed by atoms with van der Waals surface area (Å²) in [6.07, 6.45) is 0.540. The molecule has 0 spiro atoms. The van der Waals surface area contributed by atoms with E-state index in [0.29, 0.717) is 18.3 Å². The molecule has 2 unspecified atom stereocenters. The Balaban J connectivity index is 1.77. The Morgan fingerprint density at radius 2 is 2.00 bits per heavy atom. The molecule has 1 aliphatic carbocycles. The Kier molecular flexibility index (Phi) is 5.54. The second-order valence-corrected chi connectivity index (χ2v) is 6.44. The number of thioether (sulfide) groups is 1. The van der Waals surface area contributed by atoms with E-state index in [0.717, 1.165) is 11.0 Å². The second kappa shape index (κ2) is 7.00. The van der Waals surface area contributed by atoms with E-state index in [-0.39, 0.29) is 11.3 Å². The monoisotopic (exact) mass is 323 g/mol. The molecule has 1 heterocycles. The molecule has 0 radical (unpaired) electrons. The molecule has 21 heavy (non-hydrogen) atoms. The van der Waals surface area contributed by atoms with E-state index in [2.05, 4.69) is 17.1 Å². The molecule has 4 nitrogen and oxygen atoms in total. The second-order valence-electron chi connectivity index (χ2n) is 5.38. The first kappa shape index (κ1) is 16.6. The van der Waals surface area contributed by atoms with Gasteiger partial charge in [-0.25, -0.2) is 0 Å². The van der Waals surface area contributed by atoms with Crippen molar-refractivity contribution < 1.29 is 17.9 Å². The zero-order valence-electron chi connectivity index (χ0n) is 12.2. The number of rotatable bonds is 5.